The molecule has 1 saturated heterocycles. The maximum atomic E-state index is 12.5. The summed E-state index contributed by atoms with van der Waals surface area (Å²) in [5.41, 5.74) is 3.50. The van der Waals surface area contributed by atoms with Crippen molar-refractivity contribution >= 4 is 5.91 Å². The number of piperazine rings is 1. The molecule has 2 aromatic rings. The van der Waals surface area contributed by atoms with E-state index < -0.39 is 0 Å². The van der Waals surface area contributed by atoms with Crippen LogP contribution in [0.25, 0.3) is 0 Å². The summed E-state index contributed by atoms with van der Waals surface area (Å²) in [7, 11) is 0. The van der Waals surface area contributed by atoms with E-state index in [-0.39, 0.29) is 5.91 Å². The van der Waals surface area contributed by atoms with Gasteiger partial charge in [0.15, 0.2) is 0 Å². The number of ether oxygens (including phenoxy) is 1. The Bertz CT molecular complexity index is 722. The van der Waals surface area contributed by atoms with Gasteiger partial charge in [-0.25, -0.2) is 0 Å². The van der Waals surface area contributed by atoms with Gasteiger partial charge in [0.1, 0.15) is 12.3 Å². The number of nitrogens with one attached hydrogen (secondary N) is 1. The van der Waals surface area contributed by atoms with Crippen molar-refractivity contribution in [3.8, 4) is 5.75 Å². The van der Waals surface area contributed by atoms with E-state index in [1.807, 2.05) is 35.2 Å². The number of nitrogens with zero attached hydrogens (tertiary/aromatic N) is 1. The first-order valence-electron chi connectivity index (χ1n) is 8.72. The smallest absolute Gasteiger partial charge is 0.254 e. The highest BCUT2D eigenvalue weighted by Crippen LogP contribution is 2.25. The molecule has 1 amide bonds. The van der Waals surface area contributed by atoms with Crippen LogP contribution in [0.1, 0.15) is 21.5 Å². The fourth-order valence-electron chi connectivity index (χ4n) is 3.60. The van der Waals surface area contributed by atoms with Gasteiger partial charge in [-0.15, -0.1) is 0 Å². The van der Waals surface area contributed by atoms with Gasteiger partial charge in [0.25, 0.3) is 5.91 Å². The average Bonchev–Trinajstić information content (AvgIpc) is 3.10. The Labute approximate surface area is 142 Å². The molecule has 24 heavy (non-hydrogen) atoms. The Hall–Kier alpha value is -2.33. The van der Waals surface area contributed by atoms with E-state index in [1.54, 1.807) is 4.90 Å². The van der Waals surface area contributed by atoms with E-state index in [0.717, 1.165) is 57.1 Å². The molecule has 0 saturated carbocycles. The Morgan fingerprint density at radius 2 is 1.88 bits per heavy atom. The third kappa shape index (κ3) is 3.15. The van der Waals surface area contributed by atoms with Crippen molar-refractivity contribution in [2.45, 2.75) is 13.0 Å². The van der Waals surface area contributed by atoms with Crippen LogP contribution >= 0.6 is 0 Å². The molecule has 0 bridgehead atoms. The topological polar surface area (TPSA) is 34.0 Å². The van der Waals surface area contributed by atoms with E-state index >= 15 is 0 Å². The molecule has 0 atom stereocenters. The molecule has 4 nitrogen and oxygen atoms in total. The molecule has 4 heteroatoms. The maximum absolute atomic E-state index is 12.5. The molecule has 0 aliphatic carbocycles. The van der Waals surface area contributed by atoms with Gasteiger partial charge in [-0.1, -0.05) is 18.2 Å². The lowest BCUT2D eigenvalue weighted by Gasteiger charge is -2.32. The van der Waals surface area contributed by atoms with Gasteiger partial charge < -0.3 is 14.5 Å². The Morgan fingerprint density at radius 1 is 1.08 bits per heavy atom. The fraction of sp³-hybridized carbons (Fsp3) is 0.350. The number of fused-ring (bicyclic) bond motifs is 1. The normalized spacial score (nSPS) is 17.4. The molecule has 1 fully saturated rings. The molecule has 2 heterocycles. The lowest BCUT2D eigenvalue weighted by Crippen LogP contribution is -3.13. The zero-order valence-corrected chi connectivity index (χ0v) is 13.8. The van der Waals surface area contributed by atoms with Gasteiger partial charge in [0.2, 0.25) is 0 Å². The van der Waals surface area contributed by atoms with Gasteiger partial charge in [-0.3, -0.25) is 4.79 Å². The molecule has 124 valence electrons. The van der Waals surface area contributed by atoms with E-state index in [9.17, 15) is 4.79 Å². The van der Waals surface area contributed by atoms with Crippen LogP contribution in [-0.4, -0.2) is 43.6 Å². The first-order valence-corrected chi connectivity index (χ1v) is 8.72. The zero-order valence-electron chi connectivity index (χ0n) is 13.8. The van der Waals surface area contributed by atoms with Crippen LogP contribution in [-0.2, 0) is 13.0 Å². The summed E-state index contributed by atoms with van der Waals surface area (Å²) >= 11 is 0. The van der Waals surface area contributed by atoms with E-state index in [2.05, 4.69) is 18.2 Å². The summed E-state index contributed by atoms with van der Waals surface area (Å²) in [6.07, 6.45) is 1.03. The monoisotopic (exact) mass is 323 g/mol. The predicted molar refractivity (Wildman–Crippen MR) is 92.4 cm³/mol. The number of hydrogen-bond donors (Lipinski definition) is 1. The summed E-state index contributed by atoms with van der Waals surface area (Å²) in [5, 5.41) is 0. The minimum absolute atomic E-state index is 0.157. The Morgan fingerprint density at radius 3 is 2.67 bits per heavy atom. The summed E-state index contributed by atoms with van der Waals surface area (Å²) in [4.78, 5) is 16.0. The number of carbonyl (C=O) groups is 1. The third-order valence-electron chi connectivity index (χ3n) is 4.99. The number of amides is 1. The number of carbonyl (C=O) groups excluding carboxylic acids is 1. The van der Waals surface area contributed by atoms with Crippen molar-refractivity contribution in [1.82, 2.24) is 4.90 Å². The second kappa shape index (κ2) is 6.65. The van der Waals surface area contributed by atoms with Gasteiger partial charge in [-0.2, -0.15) is 0 Å². The second-order valence-corrected chi connectivity index (χ2v) is 6.63. The van der Waals surface area contributed by atoms with Crippen molar-refractivity contribution in [2.24, 2.45) is 0 Å². The standard InChI is InChI=1S/C20H22N2O2/c23-20(17-4-2-1-3-5-17)22-11-9-21(10-12-22)15-16-6-7-19-18(14-16)8-13-24-19/h1-7,14H,8-13,15H2/p+1. The van der Waals surface area contributed by atoms with E-state index in [0.29, 0.717) is 0 Å². The van der Waals surface area contributed by atoms with Crippen LogP contribution in [0, 0.1) is 0 Å². The van der Waals surface area contributed by atoms with Crippen molar-refractivity contribution in [3.05, 3.63) is 65.2 Å². The summed E-state index contributed by atoms with van der Waals surface area (Å²) in [6.45, 7) is 5.51. The largest absolute Gasteiger partial charge is 0.493 e. The molecular weight excluding hydrogens is 300 g/mol. The predicted octanol–water partition coefficient (Wildman–Crippen LogP) is 1.16. The van der Waals surface area contributed by atoms with Gasteiger partial charge in [-0.05, 0) is 35.9 Å². The van der Waals surface area contributed by atoms with Crippen LogP contribution in [0.15, 0.2) is 48.5 Å². The van der Waals surface area contributed by atoms with Crippen molar-refractivity contribution in [2.75, 3.05) is 32.8 Å². The van der Waals surface area contributed by atoms with Crippen LogP contribution in [0.3, 0.4) is 0 Å². The van der Waals surface area contributed by atoms with Gasteiger partial charge in [0, 0.05) is 17.5 Å². The zero-order chi connectivity index (χ0) is 16.4. The summed E-state index contributed by atoms with van der Waals surface area (Å²) in [6, 6.07) is 16.2. The molecular formula is C20H23N2O2+. The number of hydrogen-bond acceptors (Lipinski definition) is 2. The Kier molecular flexibility index (Phi) is 4.22. The minimum Gasteiger partial charge on any atom is -0.493 e. The van der Waals surface area contributed by atoms with Crippen LogP contribution in [0.5, 0.6) is 5.75 Å². The SMILES string of the molecule is O=C(c1ccccc1)N1CC[NH+](Cc2ccc3c(c2)CCO3)CC1. The van der Waals surface area contributed by atoms with Crippen molar-refractivity contribution in [3.63, 3.8) is 0 Å². The molecule has 0 unspecified atom stereocenters. The molecule has 0 spiro atoms. The molecule has 4 rings (SSSR count). The Balaban J connectivity index is 1.34. The lowest BCUT2D eigenvalue weighted by molar-refractivity contribution is -0.917. The number of benzene rings is 2. The maximum Gasteiger partial charge on any atom is 0.254 e. The minimum atomic E-state index is 0.157. The molecule has 1 N–H and O–H groups in total. The van der Waals surface area contributed by atoms with Gasteiger partial charge in [0.05, 0.1) is 32.8 Å². The van der Waals surface area contributed by atoms with E-state index in [4.69, 9.17) is 4.74 Å². The third-order valence-corrected chi connectivity index (χ3v) is 4.99. The first kappa shape index (κ1) is 15.2. The average molecular weight is 323 g/mol. The molecule has 2 aliphatic heterocycles. The fourth-order valence-corrected chi connectivity index (χ4v) is 3.60. The van der Waals surface area contributed by atoms with Crippen LogP contribution in [0.2, 0.25) is 0 Å². The van der Waals surface area contributed by atoms with E-state index in [1.165, 1.54) is 11.1 Å². The summed E-state index contributed by atoms with van der Waals surface area (Å²) in [5.74, 6) is 1.20. The van der Waals surface area contributed by atoms with Crippen LogP contribution < -0.4 is 9.64 Å². The quantitative estimate of drug-likeness (QED) is 0.920. The lowest BCUT2D eigenvalue weighted by atomic mass is 10.1. The van der Waals surface area contributed by atoms with Crippen LogP contribution in [0.4, 0.5) is 0 Å². The molecule has 2 aliphatic rings. The highest BCUT2D eigenvalue weighted by Gasteiger charge is 2.24. The highest BCUT2D eigenvalue weighted by molar-refractivity contribution is 5.94. The van der Waals surface area contributed by atoms with Gasteiger partial charge >= 0.3 is 0 Å². The van der Waals surface area contributed by atoms with Crippen molar-refractivity contribution < 1.29 is 14.4 Å². The second-order valence-electron chi connectivity index (χ2n) is 6.63. The number of quaternary nitrogens is 1. The number of rotatable bonds is 3. The van der Waals surface area contributed by atoms with Crippen molar-refractivity contribution in [1.29, 1.82) is 0 Å². The first-order chi connectivity index (χ1) is 11.8. The molecule has 0 aromatic heterocycles. The molecule has 0 radical (unpaired) electrons. The highest BCUT2D eigenvalue weighted by atomic mass is 16.5. The summed E-state index contributed by atoms with van der Waals surface area (Å²) < 4.78 is 5.57. The molecule has 2 aromatic carbocycles.